The van der Waals surface area contributed by atoms with Crippen LogP contribution in [0.25, 0.3) is 11.1 Å². The first kappa shape index (κ1) is 25.1. The second-order valence-corrected chi connectivity index (χ2v) is 6.54. The molecule has 4 nitrogen and oxygen atoms in total. The Hall–Kier alpha value is -2.98. The number of hydrogen-bond acceptors (Lipinski definition) is 4. The number of nitrogen functional groups attached to an aromatic ring is 1. The summed E-state index contributed by atoms with van der Waals surface area (Å²) < 4.78 is 0. The maximum absolute atomic E-state index is 8.90. The van der Waals surface area contributed by atoms with Crippen molar-refractivity contribution >= 4 is 11.4 Å². The zero-order valence-electron chi connectivity index (χ0n) is 19.0. The van der Waals surface area contributed by atoms with Crippen molar-refractivity contribution < 1.29 is 5.11 Å². The van der Waals surface area contributed by atoms with Gasteiger partial charge in [-0.15, -0.1) is 0 Å². The van der Waals surface area contributed by atoms with Crippen molar-refractivity contribution in [2.75, 3.05) is 24.6 Å². The van der Waals surface area contributed by atoms with Crippen LogP contribution >= 0.6 is 0 Å². The molecular formula is C26H37N3O. The number of phenolic OH excluding ortho intramolecular Hbond substituents is 1. The lowest BCUT2D eigenvalue weighted by molar-refractivity contribution is 0.475. The van der Waals surface area contributed by atoms with Gasteiger partial charge in [0, 0.05) is 31.0 Å². The van der Waals surface area contributed by atoms with E-state index in [1.54, 1.807) is 18.2 Å². The summed E-state index contributed by atoms with van der Waals surface area (Å²) in [5, 5.41) is 15.1. The van der Waals surface area contributed by atoms with Gasteiger partial charge in [-0.05, 0) is 59.5 Å². The first-order valence-electron chi connectivity index (χ1n) is 10.7. The summed E-state index contributed by atoms with van der Waals surface area (Å²) in [4.78, 5) is 0. The van der Waals surface area contributed by atoms with Gasteiger partial charge in [0.1, 0.15) is 5.75 Å². The molecule has 0 aliphatic rings. The first-order valence-corrected chi connectivity index (χ1v) is 10.7. The number of aromatic hydroxyl groups is 1. The van der Waals surface area contributed by atoms with Crippen LogP contribution < -0.4 is 16.4 Å². The molecule has 0 spiro atoms. The molecule has 0 unspecified atom stereocenters. The number of hydrogen-bond donors (Lipinski definition) is 4. The highest BCUT2D eigenvalue weighted by Crippen LogP contribution is 2.24. The van der Waals surface area contributed by atoms with E-state index in [0.29, 0.717) is 5.75 Å². The lowest BCUT2D eigenvalue weighted by Crippen LogP contribution is -2.13. The third kappa shape index (κ3) is 8.18. The van der Waals surface area contributed by atoms with Crippen LogP contribution in [0.3, 0.4) is 0 Å². The zero-order chi connectivity index (χ0) is 22.4. The minimum absolute atomic E-state index is 0.293. The molecule has 162 valence electrons. The summed E-state index contributed by atoms with van der Waals surface area (Å²) in [5.74, 6) is 0.293. The van der Waals surface area contributed by atoms with E-state index in [4.69, 9.17) is 10.8 Å². The van der Waals surface area contributed by atoms with Crippen LogP contribution in [0.5, 0.6) is 5.75 Å². The van der Waals surface area contributed by atoms with Crippen LogP contribution in [0.4, 0.5) is 11.4 Å². The van der Waals surface area contributed by atoms with Crippen molar-refractivity contribution in [2.45, 2.75) is 40.7 Å². The van der Waals surface area contributed by atoms with Gasteiger partial charge in [0.05, 0.1) is 0 Å². The Labute approximate surface area is 182 Å². The Morgan fingerprint density at radius 3 is 2.07 bits per heavy atom. The predicted octanol–water partition coefficient (Wildman–Crippen LogP) is 6.07. The van der Waals surface area contributed by atoms with Crippen LogP contribution in [0.1, 0.15) is 38.8 Å². The Kier molecular flexibility index (Phi) is 11.8. The largest absolute Gasteiger partial charge is 0.508 e. The van der Waals surface area contributed by atoms with Gasteiger partial charge in [-0.25, -0.2) is 0 Å². The van der Waals surface area contributed by atoms with E-state index in [1.165, 1.54) is 22.3 Å². The molecule has 0 aliphatic carbocycles. The molecule has 0 amide bonds. The molecule has 3 rings (SSSR count). The van der Waals surface area contributed by atoms with Gasteiger partial charge in [-0.3, -0.25) is 0 Å². The van der Waals surface area contributed by atoms with Gasteiger partial charge >= 0.3 is 0 Å². The Bertz CT molecular complexity index is 860. The molecule has 5 N–H and O–H groups in total. The third-order valence-corrected chi connectivity index (χ3v) is 4.54. The van der Waals surface area contributed by atoms with E-state index in [1.807, 2.05) is 33.0 Å². The monoisotopic (exact) mass is 407 g/mol. The van der Waals surface area contributed by atoms with E-state index in [9.17, 15) is 0 Å². The highest BCUT2D eigenvalue weighted by Gasteiger charge is 2.03. The number of nitrogens with one attached hydrogen (secondary N) is 2. The van der Waals surface area contributed by atoms with Crippen molar-refractivity contribution in [3.63, 3.8) is 0 Å². The maximum Gasteiger partial charge on any atom is 0.117 e. The summed E-state index contributed by atoms with van der Waals surface area (Å²) in [5.41, 5.74) is 12.8. The second kappa shape index (κ2) is 14.1. The number of anilines is 2. The van der Waals surface area contributed by atoms with Crippen LogP contribution in [0.15, 0.2) is 66.7 Å². The maximum atomic E-state index is 8.90. The number of phenols is 1. The molecule has 0 heterocycles. The average molecular weight is 408 g/mol. The molecule has 3 aromatic carbocycles. The molecule has 0 atom stereocenters. The van der Waals surface area contributed by atoms with E-state index in [2.05, 4.69) is 60.9 Å². The molecule has 3 aromatic rings. The fraction of sp³-hybridized carbons (Fsp3) is 0.308. The first-order chi connectivity index (χ1) is 14.6. The topological polar surface area (TPSA) is 70.3 Å². The Morgan fingerprint density at radius 1 is 0.867 bits per heavy atom. The molecule has 0 saturated carbocycles. The van der Waals surface area contributed by atoms with Crippen molar-refractivity contribution in [1.82, 2.24) is 5.32 Å². The normalized spacial score (nSPS) is 9.63. The fourth-order valence-corrected chi connectivity index (χ4v) is 2.79. The van der Waals surface area contributed by atoms with Crippen LogP contribution in [0.2, 0.25) is 0 Å². The SMILES string of the molecule is CC.CCNCc1cc(-c2ccc(CC)cc2)ccc1N.CNc1cccc(O)c1. The van der Waals surface area contributed by atoms with Crippen molar-refractivity contribution in [3.05, 3.63) is 77.9 Å². The smallest absolute Gasteiger partial charge is 0.117 e. The van der Waals surface area contributed by atoms with E-state index in [0.717, 1.165) is 30.9 Å². The summed E-state index contributed by atoms with van der Waals surface area (Å²) in [6.07, 6.45) is 1.08. The Balaban J connectivity index is 0.000000342. The molecule has 0 saturated heterocycles. The van der Waals surface area contributed by atoms with E-state index < -0.39 is 0 Å². The van der Waals surface area contributed by atoms with E-state index in [-0.39, 0.29) is 0 Å². The van der Waals surface area contributed by atoms with Crippen molar-refractivity contribution in [2.24, 2.45) is 0 Å². The number of aryl methyl sites for hydroxylation is 1. The number of benzene rings is 3. The van der Waals surface area contributed by atoms with Gasteiger partial charge < -0.3 is 21.5 Å². The second-order valence-electron chi connectivity index (χ2n) is 6.54. The van der Waals surface area contributed by atoms with Gasteiger partial charge in [-0.1, -0.05) is 64.1 Å². The quantitative estimate of drug-likeness (QED) is 0.374. The van der Waals surface area contributed by atoms with Crippen LogP contribution in [-0.2, 0) is 13.0 Å². The summed E-state index contributed by atoms with van der Waals surface area (Å²) in [6, 6.07) is 22.0. The molecule has 0 radical (unpaired) electrons. The summed E-state index contributed by atoms with van der Waals surface area (Å²) >= 11 is 0. The minimum atomic E-state index is 0.293. The third-order valence-electron chi connectivity index (χ3n) is 4.54. The molecular weight excluding hydrogens is 370 g/mol. The minimum Gasteiger partial charge on any atom is -0.508 e. The number of rotatable bonds is 6. The van der Waals surface area contributed by atoms with Gasteiger partial charge in [0.2, 0.25) is 0 Å². The average Bonchev–Trinajstić information content (AvgIpc) is 2.80. The molecule has 0 bridgehead atoms. The van der Waals surface area contributed by atoms with Crippen molar-refractivity contribution in [1.29, 1.82) is 0 Å². The van der Waals surface area contributed by atoms with Crippen molar-refractivity contribution in [3.8, 4) is 16.9 Å². The molecule has 30 heavy (non-hydrogen) atoms. The van der Waals surface area contributed by atoms with Crippen LogP contribution in [-0.4, -0.2) is 18.7 Å². The van der Waals surface area contributed by atoms with E-state index >= 15 is 0 Å². The Morgan fingerprint density at radius 2 is 1.53 bits per heavy atom. The molecule has 0 fully saturated rings. The fourth-order valence-electron chi connectivity index (χ4n) is 2.79. The lowest BCUT2D eigenvalue weighted by Gasteiger charge is -2.10. The summed E-state index contributed by atoms with van der Waals surface area (Å²) in [6.45, 7) is 10.0. The molecule has 4 heteroatoms. The summed E-state index contributed by atoms with van der Waals surface area (Å²) in [7, 11) is 1.81. The van der Waals surface area contributed by atoms with Crippen LogP contribution in [0, 0.1) is 0 Å². The lowest BCUT2D eigenvalue weighted by atomic mass is 10.00. The highest BCUT2D eigenvalue weighted by atomic mass is 16.3. The highest BCUT2D eigenvalue weighted by molar-refractivity contribution is 5.68. The molecule has 0 aromatic heterocycles. The molecule has 0 aliphatic heterocycles. The standard InChI is InChI=1S/C17H22N2.C7H9NO.C2H6/c1-3-13-5-7-14(8-6-13)15-9-10-17(18)16(11-15)12-19-4-2;1-8-6-3-2-4-7(9)5-6;1-2/h5-11,19H,3-4,12,18H2,1-2H3;2-5,8-9H,1H3;1-2H3. The predicted molar refractivity (Wildman–Crippen MR) is 132 cm³/mol. The van der Waals surface area contributed by atoms with Gasteiger partial charge in [0.25, 0.3) is 0 Å². The number of nitrogens with two attached hydrogens (primary N) is 1. The van der Waals surface area contributed by atoms with Gasteiger partial charge in [-0.2, -0.15) is 0 Å². The van der Waals surface area contributed by atoms with Gasteiger partial charge in [0.15, 0.2) is 0 Å². The zero-order valence-corrected chi connectivity index (χ0v) is 19.0.